The molecule has 1 aliphatic rings. The Morgan fingerprint density at radius 3 is 2.50 bits per heavy atom. The third-order valence-corrected chi connectivity index (χ3v) is 4.94. The van der Waals surface area contributed by atoms with Gasteiger partial charge in [-0.3, -0.25) is 14.3 Å². The van der Waals surface area contributed by atoms with Crippen LogP contribution in [0.3, 0.4) is 0 Å². The third kappa shape index (κ3) is 4.14. The van der Waals surface area contributed by atoms with E-state index in [1.165, 1.54) is 0 Å². The summed E-state index contributed by atoms with van der Waals surface area (Å²) in [7, 11) is 1.89. The molecule has 24 heavy (non-hydrogen) atoms. The van der Waals surface area contributed by atoms with Crippen molar-refractivity contribution in [1.29, 1.82) is 0 Å². The molecule has 0 aromatic carbocycles. The standard InChI is InChI=1S/C17H27N3O4/c1-11(9-14-12(2)19-20(4)13(14)3)16(23)18-17(10-15(21)22)5-7-24-8-6-17/h11H,5-10H2,1-4H3,(H,18,23)(H,21,22). The van der Waals surface area contributed by atoms with Crippen molar-refractivity contribution in [3.8, 4) is 0 Å². The summed E-state index contributed by atoms with van der Waals surface area (Å²) in [6.07, 6.45) is 1.59. The lowest BCUT2D eigenvalue weighted by atomic mass is 9.85. The summed E-state index contributed by atoms with van der Waals surface area (Å²) in [5.74, 6) is -1.26. The fourth-order valence-corrected chi connectivity index (χ4v) is 3.29. The molecule has 2 N–H and O–H groups in total. The Morgan fingerprint density at radius 1 is 1.38 bits per heavy atom. The fraction of sp³-hybridized carbons (Fsp3) is 0.706. The minimum absolute atomic E-state index is 0.0697. The first-order valence-electron chi connectivity index (χ1n) is 8.35. The molecule has 7 heteroatoms. The van der Waals surface area contributed by atoms with Gasteiger partial charge in [0.05, 0.1) is 17.7 Å². The molecule has 2 heterocycles. The van der Waals surface area contributed by atoms with Crippen LogP contribution in [0.25, 0.3) is 0 Å². The Morgan fingerprint density at radius 2 is 2.00 bits per heavy atom. The van der Waals surface area contributed by atoms with Gasteiger partial charge in [-0.25, -0.2) is 0 Å². The van der Waals surface area contributed by atoms with Crippen LogP contribution in [0.4, 0.5) is 0 Å². The number of carbonyl (C=O) groups excluding carboxylic acids is 1. The summed E-state index contributed by atoms with van der Waals surface area (Å²) in [5, 5.41) is 16.6. The van der Waals surface area contributed by atoms with Gasteiger partial charge in [-0.2, -0.15) is 5.10 Å². The Balaban J connectivity index is 2.07. The highest BCUT2D eigenvalue weighted by Gasteiger charge is 2.37. The molecule has 1 atom stereocenters. The number of ether oxygens (including phenoxy) is 1. The molecule has 134 valence electrons. The van der Waals surface area contributed by atoms with Gasteiger partial charge in [-0.15, -0.1) is 0 Å². The van der Waals surface area contributed by atoms with Gasteiger partial charge in [-0.1, -0.05) is 6.92 Å². The number of nitrogens with zero attached hydrogens (tertiary/aromatic N) is 2. The zero-order valence-electron chi connectivity index (χ0n) is 14.9. The maximum absolute atomic E-state index is 12.7. The zero-order valence-corrected chi connectivity index (χ0v) is 14.9. The van der Waals surface area contributed by atoms with E-state index in [2.05, 4.69) is 10.4 Å². The predicted molar refractivity (Wildman–Crippen MR) is 88.7 cm³/mol. The maximum Gasteiger partial charge on any atom is 0.305 e. The summed E-state index contributed by atoms with van der Waals surface area (Å²) < 4.78 is 7.14. The molecule has 1 saturated heterocycles. The van der Waals surface area contributed by atoms with Crippen LogP contribution in [0, 0.1) is 19.8 Å². The maximum atomic E-state index is 12.7. The second-order valence-corrected chi connectivity index (χ2v) is 6.83. The van der Waals surface area contributed by atoms with Crippen LogP contribution in [0.5, 0.6) is 0 Å². The predicted octanol–water partition coefficient (Wildman–Crippen LogP) is 1.36. The largest absolute Gasteiger partial charge is 0.481 e. The van der Waals surface area contributed by atoms with Crippen molar-refractivity contribution in [3.05, 3.63) is 17.0 Å². The summed E-state index contributed by atoms with van der Waals surface area (Å²) >= 11 is 0. The van der Waals surface area contributed by atoms with Gasteiger partial charge in [0.1, 0.15) is 0 Å². The van der Waals surface area contributed by atoms with Gasteiger partial charge in [0.25, 0.3) is 0 Å². The van der Waals surface area contributed by atoms with E-state index in [0.29, 0.717) is 32.5 Å². The van der Waals surface area contributed by atoms with E-state index in [1.54, 1.807) is 0 Å². The third-order valence-electron chi connectivity index (χ3n) is 4.94. The number of hydrogen-bond acceptors (Lipinski definition) is 4. The normalized spacial score (nSPS) is 18.2. The van der Waals surface area contributed by atoms with Crippen LogP contribution in [0.15, 0.2) is 0 Å². The molecule has 1 amide bonds. The minimum atomic E-state index is -0.899. The van der Waals surface area contributed by atoms with Crippen LogP contribution in [-0.4, -0.2) is 45.5 Å². The van der Waals surface area contributed by atoms with Crippen LogP contribution >= 0.6 is 0 Å². The van der Waals surface area contributed by atoms with Crippen molar-refractivity contribution in [2.24, 2.45) is 13.0 Å². The summed E-state index contributed by atoms with van der Waals surface area (Å²) in [5.41, 5.74) is 2.37. The van der Waals surface area contributed by atoms with E-state index in [1.807, 2.05) is 32.5 Å². The average molecular weight is 337 g/mol. The highest BCUT2D eigenvalue weighted by atomic mass is 16.5. The zero-order chi connectivity index (χ0) is 17.9. The molecule has 0 bridgehead atoms. The van der Waals surface area contributed by atoms with Gasteiger partial charge in [0, 0.05) is 31.9 Å². The molecular formula is C17H27N3O4. The molecule has 0 saturated carbocycles. The van der Waals surface area contributed by atoms with Gasteiger partial charge in [-0.05, 0) is 38.7 Å². The average Bonchev–Trinajstić information content (AvgIpc) is 2.73. The number of amides is 1. The number of rotatable bonds is 6. The van der Waals surface area contributed by atoms with E-state index >= 15 is 0 Å². The smallest absolute Gasteiger partial charge is 0.305 e. The molecular weight excluding hydrogens is 310 g/mol. The SMILES string of the molecule is Cc1nn(C)c(C)c1CC(C)C(=O)NC1(CC(=O)O)CCOCC1. The molecule has 7 nitrogen and oxygen atoms in total. The van der Waals surface area contributed by atoms with Crippen molar-refractivity contribution >= 4 is 11.9 Å². The number of hydrogen-bond donors (Lipinski definition) is 2. The Kier molecular flexibility index (Phi) is 5.64. The number of nitrogens with one attached hydrogen (secondary N) is 1. The quantitative estimate of drug-likeness (QED) is 0.817. The highest BCUT2D eigenvalue weighted by Crippen LogP contribution is 2.26. The lowest BCUT2D eigenvalue weighted by molar-refractivity contribution is -0.141. The molecule has 1 aromatic rings. The number of carboxylic acid groups (broad SMARTS) is 1. The number of carboxylic acids is 1. The van der Waals surface area contributed by atoms with Crippen LogP contribution in [0.1, 0.15) is 43.1 Å². The second kappa shape index (κ2) is 7.34. The van der Waals surface area contributed by atoms with Crippen molar-refractivity contribution < 1.29 is 19.4 Å². The molecule has 1 unspecified atom stereocenters. The second-order valence-electron chi connectivity index (χ2n) is 6.83. The Labute approximate surface area is 142 Å². The molecule has 0 spiro atoms. The first-order chi connectivity index (χ1) is 11.2. The summed E-state index contributed by atoms with van der Waals surface area (Å²) in [4.78, 5) is 23.9. The molecule has 0 radical (unpaired) electrons. The van der Waals surface area contributed by atoms with E-state index in [0.717, 1.165) is 17.0 Å². The van der Waals surface area contributed by atoms with E-state index in [-0.39, 0.29) is 18.2 Å². The van der Waals surface area contributed by atoms with Crippen LogP contribution < -0.4 is 5.32 Å². The fourth-order valence-electron chi connectivity index (χ4n) is 3.29. The molecule has 1 aromatic heterocycles. The summed E-state index contributed by atoms with van der Waals surface area (Å²) in [6.45, 7) is 6.75. The van der Waals surface area contributed by atoms with Gasteiger partial charge >= 0.3 is 5.97 Å². The molecule has 2 rings (SSSR count). The van der Waals surface area contributed by atoms with Crippen LogP contribution in [-0.2, 0) is 27.8 Å². The topological polar surface area (TPSA) is 93.5 Å². The minimum Gasteiger partial charge on any atom is -0.481 e. The first-order valence-corrected chi connectivity index (χ1v) is 8.35. The molecule has 1 fully saturated rings. The van der Waals surface area contributed by atoms with E-state index < -0.39 is 11.5 Å². The number of carbonyl (C=O) groups is 2. The number of aromatic nitrogens is 2. The number of aryl methyl sites for hydroxylation is 2. The van der Waals surface area contributed by atoms with Crippen molar-refractivity contribution in [1.82, 2.24) is 15.1 Å². The van der Waals surface area contributed by atoms with Crippen molar-refractivity contribution in [2.75, 3.05) is 13.2 Å². The van der Waals surface area contributed by atoms with Gasteiger partial charge < -0.3 is 15.2 Å². The first kappa shape index (κ1) is 18.4. The van der Waals surface area contributed by atoms with Gasteiger partial charge in [0.2, 0.25) is 5.91 Å². The van der Waals surface area contributed by atoms with E-state index in [9.17, 15) is 14.7 Å². The lowest BCUT2D eigenvalue weighted by Crippen LogP contribution is -2.54. The Hall–Kier alpha value is -1.89. The van der Waals surface area contributed by atoms with Crippen molar-refractivity contribution in [2.45, 2.75) is 52.0 Å². The highest BCUT2D eigenvalue weighted by molar-refractivity contribution is 5.80. The monoisotopic (exact) mass is 337 g/mol. The van der Waals surface area contributed by atoms with Crippen molar-refractivity contribution in [3.63, 3.8) is 0 Å². The molecule has 1 aliphatic heterocycles. The van der Waals surface area contributed by atoms with E-state index in [4.69, 9.17) is 4.74 Å². The number of aliphatic carboxylic acids is 1. The van der Waals surface area contributed by atoms with Crippen LogP contribution in [0.2, 0.25) is 0 Å². The Bertz CT molecular complexity index is 618. The lowest BCUT2D eigenvalue weighted by Gasteiger charge is -2.37. The van der Waals surface area contributed by atoms with Gasteiger partial charge in [0.15, 0.2) is 0 Å². The molecule has 0 aliphatic carbocycles. The summed E-state index contributed by atoms with van der Waals surface area (Å²) in [6, 6.07) is 0.